The van der Waals surface area contributed by atoms with Crippen molar-refractivity contribution in [2.75, 3.05) is 17.2 Å². The van der Waals surface area contributed by atoms with Gasteiger partial charge < -0.3 is 15.4 Å². The van der Waals surface area contributed by atoms with Gasteiger partial charge in [-0.25, -0.2) is 9.78 Å². The quantitative estimate of drug-likeness (QED) is 0.798. The molecule has 6 nitrogen and oxygen atoms in total. The molecule has 1 heterocycles. The van der Waals surface area contributed by atoms with Gasteiger partial charge in [0.15, 0.2) is 0 Å². The third-order valence-electron chi connectivity index (χ3n) is 3.25. The number of hydrogen-bond acceptors (Lipinski definition) is 6. The number of carbonyl (C=O) groups is 1. The summed E-state index contributed by atoms with van der Waals surface area (Å²) in [7, 11) is 0. The van der Waals surface area contributed by atoms with Crippen molar-refractivity contribution in [1.82, 2.24) is 9.97 Å². The van der Waals surface area contributed by atoms with Gasteiger partial charge in [0.2, 0.25) is 5.95 Å². The first kappa shape index (κ1) is 14.3. The van der Waals surface area contributed by atoms with Crippen LogP contribution >= 0.6 is 0 Å². The summed E-state index contributed by atoms with van der Waals surface area (Å²) in [5, 5.41) is 6.40. The van der Waals surface area contributed by atoms with Crippen LogP contribution in [0.1, 0.15) is 30.1 Å². The number of nitrogens with zero attached hydrogens (tertiary/aromatic N) is 2. The summed E-state index contributed by atoms with van der Waals surface area (Å²) in [5.74, 6) is 0.881. The molecule has 0 spiro atoms. The van der Waals surface area contributed by atoms with E-state index in [1.165, 1.54) is 0 Å². The van der Waals surface area contributed by atoms with Gasteiger partial charge in [0.05, 0.1) is 17.9 Å². The molecule has 0 aliphatic heterocycles. The van der Waals surface area contributed by atoms with Crippen LogP contribution in [-0.4, -0.2) is 28.6 Å². The molecule has 1 saturated carbocycles. The molecule has 1 aromatic carbocycles. The molecule has 6 heteroatoms. The topological polar surface area (TPSA) is 76.1 Å². The maximum Gasteiger partial charge on any atom is 0.340 e. The average molecular weight is 298 g/mol. The molecule has 22 heavy (non-hydrogen) atoms. The summed E-state index contributed by atoms with van der Waals surface area (Å²) in [6, 6.07) is 9.46. The van der Waals surface area contributed by atoms with E-state index in [4.69, 9.17) is 4.74 Å². The maximum absolute atomic E-state index is 12.0. The minimum atomic E-state index is -0.351. The molecule has 0 atom stereocenters. The largest absolute Gasteiger partial charge is 0.462 e. The van der Waals surface area contributed by atoms with Crippen LogP contribution in [-0.2, 0) is 4.74 Å². The van der Waals surface area contributed by atoms with Crippen molar-refractivity contribution in [2.24, 2.45) is 0 Å². The predicted molar refractivity (Wildman–Crippen MR) is 84.4 cm³/mol. The van der Waals surface area contributed by atoms with Gasteiger partial charge >= 0.3 is 5.97 Å². The Morgan fingerprint density at radius 3 is 2.91 bits per heavy atom. The highest BCUT2D eigenvalue weighted by molar-refractivity contribution is 5.96. The average Bonchev–Trinajstić information content (AvgIpc) is 3.32. The first-order chi connectivity index (χ1) is 10.8. The Bertz CT molecular complexity index is 671. The van der Waals surface area contributed by atoms with Crippen molar-refractivity contribution in [3.63, 3.8) is 0 Å². The fourth-order valence-corrected chi connectivity index (χ4v) is 2.03. The van der Waals surface area contributed by atoms with E-state index in [1.54, 1.807) is 31.3 Å². The van der Waals surface area contributed by atoms with E-state index >= 15 is 0 Å². The van der Waals surface area contributed by atoms with Crippen molar-refractivity contribution < 1.29 is 9.53 Å². The standard InChI is InChI=1S/C16H18N4O2/c1-2-22-15(21)12-5-3-4-6-13(12)19-14-9-10-17-16(20-14)18-11-7-8-11/h3-6,9-11H,2,7-8H2,1H3,(H2,17,18,19,20). The normalized spacial score (nSPS) is 13.5. The fraction of sp³-hybridized carbons (Fsp3) is 0.312. The lowest BCUT2D eigenvalue weighted by atomic mass is 10.2. The number of nitrogens with one attached hydrogen (secondary N) is 2. The summed E-state index contributed by atoms with van der Waals surface area (Å²) in [6.45, 7) is 2.13. The third kappa shape index (κ3) is 3.52. The summed E-state index contributed by atoms with van der Waals surface area (Å²) in [4.78, 5) is 20.6. The fourth-order valence-electron chi connectivity index (χ4n) is 2.03. The lowest BCUT2D eigenvalue weighted by molar-refractivity contribution is 0.0527. The molecule has 0 amide bonds. The molecule has 0 saturated heterocycles. The van der Waals surface area contributed by atoms with Gasteiger partial charge in [0, 0.05) is 12.2 Å². The summed E-state index contributed by atoms with van der Waals surface area (Å²) < 4.78 is 5.07. The molecular weight excluding hydrogens is 280 g/mol. The molecule has 0 unspecified atom stereocenters. The molecule has 1 fully saturated rings. The van der Waals surface area contributed by atoms with E-state index in [-0.39, 0.29) is 5.97 Å². The van der Waals surface area contributed by atoms with Crippen LogP contribution in [0.4, 0.5) is 17.5 Å². The number of rotatable bonds is 6. The molecular formula is C16H18N4O2. The summed E-state index contributed by atoms with van der Waals surface area (Å²) in [6.07, 6.45) is 4.01. The highest BCUT2D eigenvalue weighted by atomic mass is 16.5. The van der Waals surface area contributed by atoms with Crippen molar-refractivity contribution in [3.8, 4) is 0 Å². The predicted octanol–water partition coefficient (Wildman–Crippen LogP) is 2.97. The maximum atomic E-state index is 12.0. The highest BCUT2D eigenvalue weighted by Crippen LogP contribution is 2.24. The lowest BCUT2D eigenvalue weighted by Gasteiger charge is -2.11. The second kappa shape index (κ2) is 6.43. The molecule has 1 aliphatic carbocycles. The van der Waals surface area contributed by atoms with Crippen LogP contribution in [0, 0.1) is 0 Å². The number of esters is 1. The zero-order valence-electron chi connectivity index (χ0n) is 12.4. The number of aromatic nitrogens is 2. The van der Waals surface area contributed by atoms with Gasteiger partial charge in [-0.15, -0.1) is 0 Å². The first-order valence-corrected chi connectivity index (χ1v) is 7.39. The lowest BCUT2D eigenvalue weighted by Crippen LogP contribution is -2.09. The zero-order valence-corrected chi connectivity index (χ0v) is 12.4. The zero-order chi connectivity index (χ0) is 15.4. The van der Waals surface area contributed by atoms with Crippen LogP contribution in [0.15, 0.2) is 36.5 Å². The number of hydrogen-bond donors (Lipinski definition) is 2. The minimum absolute atomic E-state index is 0.343. The Morgan fingerprint density at radius 2 is 2.14 bits per heavy atom. The first-order valence-electron chi connectivity index (χ1n) is 7.39. The monoisotopic (exact) mass is 298 g/mol. The van der Waals surface area contributed by atoms with Gasteiger partial charge in [-0.3, -0.25) is 0 Å². The van der Waals surface area contributed by atoms with E-state index in [9.17, 15) is 4.79 Å². The molecule has 0 bridgehead atoms. The number of para-hydroxylation sites is 1. The van der Waals surface area contributed by atoms with Crippen LogP contribution in [0.2, 0.25) is 0 Å². The Balaban J connectivity index is 1.79. The third-order valence-corrected chi connectivity index (χ3v) is 3.25. The molecule has 1 aliphatic rings. The number of benzene rings is 1. The van der Waals surface area contributed by atoms with Crippen LogP contribution in [0.5, 0.6) is 0 Å². The van der Waals surface area contributed by atoms with Crippen molar-refractivity contribution in [2.45, 2.75) is 25.8 Å². The minimum Gasteiger partial charge on any atom is -0.462 e. The molecule has 3 rings (SSSR count). The Kier molecular flexibility index (Phi) is 4.18. The Hall–Kier alpha value is -2.63. The Labute approximate surface area is 128 Å². The molecule has 0 radical (unpaired) electrons. The summed E-state index contributed by atoms with van der Waals surface area (Å²) in [5.41, 5.74) is 1.15. The highest BCUT2D eigenvalue weighted by Gasteiger charge is 2.22. The van der Waals surface area contributed by atoms with Gasteiger partial charge in [0.1, 0.15) is 5.82 Å². The smallest absolute Gasteiger partial charge is 0.340 e. The van der Waals surface area contributed by atoms with Crippen molar-refractivity contribution in [3.05, 3.63) is 42.1 Å². The van der Waals surface area contributed by atoms with E-state index in [0.29, 0.717) is 35.7 Å². The number of carbonyl (C=O) groups excluding carboxylic acids is 1. The SMILES string of the molecule is CCOC(=O)c1ccccc1Nc1ccnc(NC2CC2)n1. The van der Waals surface area contributed by atoms with Gasteiger partial charge in [-0.1, -0.05) is 12.1 Å². The van der Waals surface area contributed by atoms with Crippen LogP contribution in [0.3, 0.4) is 0 Å². The van der Waals surface area contributed by atoms with Crippen molar-refractivity contribution >= 4 is 23.4 Å². The molecule has 2 N–H and O–H groups in total. The Morgan fingerprint density at radius 1 is 1.32 bits per heavy atom. The molecule has 1 aromatic heterocycles. The van der Waals surface area contributed by atoms with E-state index in [2.05, 4.69) is 20.6 Å². The number of anilines is 3. The number of ether oxygens (including phenoxy) is 1. The van der Waals surface area contributed by atoms with Crippen LogP contribution < -0.4 is 10.6 Å². The van der Waals surface area contributed by atoms with E-state index < -0.39 is 0 Å². The second-order valence-corrected chi connectivity index (χ2v) is 5.08. The molecule has 2 aromatic rings. The van der Waals surface area contributed by atoms with E-state index in [1.807, 2.05) is 12.1 Å². The van der Waals surface area contributed by atoms with Crippen molar-refractivity contribution in [1.29, 1.82) is 0 Å². The van der Waals surface area contributed by atoms with Gasteiger partial charge in [-0.2, -0.15) is 4.98 Å². The second-order valence-electron chi connectivity index (χ2n) is 5.08. The van der Waals surface area contributed by atoms with E-state index in [0.717, 1.165) is 12.8 Å². The van der Waals surface area contributed by atoms with Gasteiger partial charge in [-0.05, 0) is 38.0 Å². The molecule has 114 valence electrons. The van der Waals surface area contributed by atoms with Gasteiger partial charge in [0.25, 0.3) is 0 Å². The van der Waals surface area contributed by atoms with Crippen LogP contribution in [0.25, 0.3) is 0 Å². The summed E-state index contributed by atoms with van der Waals surface area (Å²) >= 11 is 0.